The Morgan fingerprint density at radius 3 is 2.31 bits per heavy atom. The smallest absolute Gasteiger partial charge is 0.138 e. The van der Waals surface area contributed by atoms with Crippen molar-refractivity contribution in [3.63, 3.8) is 0 Å². The molecular weight excluding hydrogens is 196 g/mol. The molecule has 1 aromatic rings. The lowest BCUT2D eigenvalue weighted by Crippen LogP contribution is -2.20. The zero-order chi connectivity index (χ0) is 12.3. The van der Waals surface area contributed by atoms with Gasteiger partial charge in [-0.3, -0.25) is 4.79 Å². The zero-order valence-electron chi connectivity index (χ0n) is 11.1. The Bertz CT molecular complexity index is 383. The van der Waals surface area contributed by atoms with E-state index in [2.05, 4.69) is 32.0 Å². The van der Waals surface area contributed by atoms with Crippen LogP contribution >= 0.6 is 0 Å². The molecular formula is C15H22O. The molecule has 88 valence electrons. The first-order valence-electron chi connectivity index (χ1n) is 5.90. The second-order valence-electron chi connectivity index (χ2n) is 5.60. The lowest BCUT2D eigenvalue weighted by molar-refractivity contribution is -0.126. The van der Waals surface area contributed by atoms with Crippen molar-refractivity contribution in [3.05, 3.63) is 34.9 Å². The topological polar surface area (TPSA) is 17.1 Å². The van der Waals surface area contributed by atoms with E-state index in [0.29, 0.717) is 12.2 Å². The molecule has 0 heterocycles. The van der Waals surface area contributed by atoms with Crippen LogP contribution in [0.3, 0.4) is 0 Å². The van der Waals surface area contributed by atoms with Gasteiger partial charge in [-0.05, 0) is 31.4 Å². The van der Waals surface area contributed by atoms with Gasteiger partial charge in [0.2, 0.25) is 0 Å². The van der Waals surface area contributed by atoms with Crippen molar-refractivity contribution in [2.75, 3.05) is 0 Å². The van der Waals surface area contributed by atoms with Crippen LogP contribution in [0.1, 0.15) is 43.9 Å². The summed E-state index contributed by atoms with van der Waals surface area (Å²) in [6.45, 7) is 10.2. The summed E-state index contributed by atoms with van der Waals surface area (Å²) < 4.78 is 0. The minimum atomic E-state index is -0.210. The van der Waals surface area contributed by atoms with Crippen LogP contribution in [0.4, 0.5) is 0 Å². The minimum absolute atomic E-state index is 0.210. The summed E-state index contributed by atoms with van der Waals surface area (Å²) in [5.41, 5.74) is 3.66. The van der Waals surface area contributed by atoms with Gasteiger partial charge < -0.3 is 0 Å². The number of Topliss-reactive ketones (excluding diaryl/α,β-unsaturated/α-hetero) is 1. The first-order chi connectivity index (χ1) is 7.30. The Morgan fingerprint density at radius 2 is 1.81 bits per heavy atom. The third-order valence-electron chi connectivity index (χ3n) is 2.96. The number of rotatable bonds is 3. The average Bonchev–Trinajstić information content (AvgIpc) is 2.14. The van der Waals surface area contributed by atoms with Crippen LogP contribution in [0.25, 0.3) is 0 Å². The van der Waals surface area contributed by atoms with Gasteiger partial charge in [-0.1, -0.05) is 44.5 Å². The maximum absolute atomic E-state index is 11.8. The highest BCUT2D eigenvalue weighted by Gasteiger charge is 2.20. The molecule has 0 N–H and O–H groups in total. The van der Waals surface area contributed by atoms with Crippen LogP contribution in [0.5, 0.6) is 0 Å². The van der Waals surface area contributed by atoms with Gasteiger partial charge in [-0.2, -0.15) is 0 Å². The van der Waals surface area contributed by atoms with E-state index < -0.39 is 0 Å². The van der Waals surface area contributed by atoms with Crippen LogP contribution in [-0.2, 0) is 11.2 Å². The normalized spacial score (nSPS) is 11.6. The molecule has 0 aliphatic carbocycles. The summed E-state index contributed by atoms with van der Waals surface area (Å²) in [4.78, 5) is 11.8. The quantitative estimate of drug-likeness (QED) is 0.753. The summed E-state index contributed by atoms with van der Waals surface area (Å²) in [6, 6.07) is 6.43. The van der Waals surface area contributed by atoms with Crippen LogP contribution in [0, 0.1) is 19.3 Å². The molecule has 1 rings (SSSR count). The van der Waals surface area contributed by atoms with Crippen molar-refractivity contribution in [2.45, 2.75) is 47.5 Å². The third-order valence-corrected chi connectivity index (χ3v) is 2.96. The number of aryl methyl sites for hydroxylation is 3. The lowest BCUT2D eigenvalue weighted by atomic mass is 9.87. The number of hydrogen-bond donors (Lipinski definition) is 0. The van der Waals surface area contributed by atoms with Gasteiger partial charge in [0.05, 0.1) is 0 Å². The molecule has 0 aliphatic rings. The molecule has 1 heteroatoms. The van der Waals surface area contributed by atoms with E-state index >= 15 is 0 Å². The summed E-state index contributed by atoms with van der Waals surface area (Å²) in [5, 5.41) is 0. The molecule has 0 atom stereocenters. The SMILES string of the molecule is Cc1ccc(CCC(=O)C(C)(C)C)c(C)c1. The number of carbonyl (C=O) groups is 1. The van der Waals surface area contributed by atoms with Crippen molar-refractivity contribution < 1.29 is 4.79 Å². The fraction of sp³-hybridized carbons (Fsp3) is 0.533. The largest absolute Gasteiger partial charge is 0.299 e. The fourth-order valence-electron chi connectivity index (χ4n) is 1.75. The van der Waals surface area contributed by atoms with Crippen molar-refractivity contribution in [2.24, 2.45) is 5.41 Å². The highest BCUT2D eigenvalue weighted by molar-refractivity contribution is 5.83. The summed E-state index contributed by atoms with van der Waals surface area (Å²) in [7, 11) is 0. The first-order valence-corrected chi connectivity index (χ1v) is 5.90. The fourth-order valence-corrected chi connectivity index (χ4v) is 1.75. The Morgan fingerprint density at radius 1 is 1.19 bits per heavy atom. The van der Waals surface area contributed by atoms with Crippen LogP contribution < -0.4 is 0 Å². The number of hydrogen-bond acceptors (Lipinski definition) is 1. The van der Waals surface area contributed by atoms with E-state index in [-0.39, 0.29) is 5.41 Å². The van der Waals surface area contributed by atoms with E-state index in [1.165, 1.54) is 16.7 Å². The molecule has 0 amide bonds. The van der Waals surface area contributed by atoms with E-state index in [9.17, 15) is 4.79 Å². The van der Waals surface area contributed by atoms with Crippen molar-refractivity contribution in [1.29, 1.82) is 0 Å². The maximum Gasteiger partial charge on any atom is 0.138 e. The van der Waals surface area contributed by atoms with Crippen molar-refractivity contribution in [3.8, 4) is 0 Å². The Balaban J connectivity index is 2.65. The van der Waals surface area contributed by atoms with E-state index in [4.69, 9.17) is 0 Å². The van der Waals surface area contributed by atoms with Gasteiger partial charge >= 0.3 is 0 Å². The Labute approximate surface area is 98.9 Å². The second kappa shape index (κ2) is 4.82. The lowest BCUT2D eigenvalue weighted by Gasteiger charge is -2.16. The number of ketones is 1. The van der Waals surface area contributed by atoms with Gasteiger partial charge in [0.1, 0.15) is 5.78 Å². The highest BCUT2D eigenvalue weighted by atomic mass is 16.1. The predicted molar refractivity (Wildman–Crippen MR) is 68.7 cm³/mol. The predicted octanol–water partition coefficient (Wildman–Crippen LogP) is 3.85. The van der Waals surface area contributed by atoms with Gasteiger partial charge in [-0.25, -0.2) is 0 Å². The van der Waals surface area contributed by atoms with Crippen molar-refractivity contribution >= 4 is 5.78 Å². The number of carbonyl (C=O) groups excluding carboxylic acids is 1. The highest BCUT2D eigenvalue weighted by Crippen LogP contribution is 2.19. The van der Waals surface area contributed by atoms with E-state index in [1.54, 1.807) is 0 Å². The molecule has 0 fully saturated rings. The molecule has 1 aromatic carbocycles. The molecule has 0 saturated carbocycles. The molecule has 0 unspecified atom stereocenters. The maximum atomic E-state index is 11.8. The van der Waals surface area contributed by atoms with E-state index in [0.717, 1.165) is 6.42 Å². The minimum Gasteiger partial charge on any atom is -0.299 e. The number of benzene rings is 1. The molecule has 1 nitrogen and oxygen atoms in total. The van der Waals surface area contributed by atoms with Crippen LogP contribution in [0.2, 0.25) is 0 Å². The van der Waals surface area contributed by atoms with Gasteiger partial charge in [0, 0.05) is 11.8 Å². The van der Waals surface area contributed by atoms with Gasteiger partial charge in [0.15, 0.2) is 0 Å². The summed E-state index contributed by atoms with van der Waals surface area (Å²) in [5.74, 6) is 0.340. The molecule has 0 spiro atoms. The average molecular weight is 218 g/mol. The monoisotopic (exact) mass is 218 g/mol. The Kier molecular flexibility index (Phi) is 3.90. The van der Waals surface area contributed by atoms with Crippen molar-refractivity contribution in [1.82, 2.24) is 0 Å². The first kappa shape index (κ1) is 13.0. The molecule has 0 bridgehead atoms. The van der Waals surface area contributed by atoms with Gasteiger partial charge in [-0.15, -0.1) is 0 Å². The van der Waals surface area contributed by atoms with Crippen LogP contribution in [-0.4, -0.2) is 5.78 Å². The summed E-state index contributed by atoms with van der Waals surface area (Å²) >= 11 is 0. The van der Waals surface area contributed by atoms with Gasteiger partial charge in [0.25, 0.3) is 0 Å². The second-order valence-corrected chi connectivity index (χ2v) is 5.60. The van der Waals surface area contributed by atoms with Crippen LogP contribution in [0.15, 0.2) is 18.2 Å². The molecule has 0 saturated heterocycles. The third kappa shape index (κ3) is 3.48. The summed E-state index contributed by atoms with van der Waals surface area (Å²) in [6.07, 6.45) is 1.51. The Hall–Kier alpha value is -1.11. The molecule has 0 radical (unpaired) electrons. The molecule has 16 heavy (non-hydrogen) atoms. The molecule has 0 aromatic heterocycles. The zero-order valence-corrected chi connectivity index (χ0v) is 11.1. The molecule has 0 aliphatic heterocycles. The van der Waals surface area contributed by atoms with E-state index in [1.807, 2.05) is 20.8 Å². The standard InChI is InChI=1S/C15H22O/c1-11-6-7-13(12(2)10-11)8-9-14(16)15(3,4)5/h6-7,10H,8-9H2,1-5H3.